The van der Waals surface area contributed by atoms with Crippen LogP contribution in [0.3, 0.4) is 0 Å². The average molecular weight is 795 g/mol. The van der Waals surface area contributed by atoms with Crippen LogP contribution in [0.5, 0.6) is 0 Å². The zero-order valence-corrected chi connectivity index (χ0v) is 32.8. The van der Waals surface area contributed by atoms with E-state index in [1.54, 1.807) is 0 Å². The molecule has 0 spiro atoms. The van der Waals surface area contributed by atoms with Crippen LogP contribution in [-0.2, 0) is 0 Å². The number of para-hydroxylation sites is 4. The monoisotopic (exact) mass is 794 g/mol. The predicted molar refractivity (Wildman–Crippen MR) is 250 cm³/mol. The Morgan fingerprint density at radius 2 is 0.823 bits per heavy atom. The van der Waals surface area contributed by atoms with Gasteiger partial charge < -0.3 is 17.8 Å². The van der Waals surface area contributed by atoms with Crippen molar-refractivity contribution in [2.24, 2.45) is 0 Å². The molecule has 5 heterocycles. The summed E-state index contributed by atoms with van der Waals surface area (Å²) in [5.41, 5.74) is 10.1. The SMILES string of the molecule is c1ccc2cc3c(cc2c1)c1ccccc1n3-c1c(-c2nc(-c3cccc4oc5ccccc5c34)nc(-c3cccc4oc5ccccc5c34)n2)ccc2c1oc1ccccc12. The Bertz CT molecular complexity index is 4060. The Hall–Kier alpha value is -8.55. The van der Waals surface area contributed by atoms with Gasteiger partial charge in [-0.1, -0.05) is 121 Å². The first-order valence-electron chi connectivity index (χ1n) is 20.7. The number of hydrogen-bond acceptors (Lipinski definition) is 6. The summed E-state index contributed by atoms with van der Waals surface area (Å²) in [5, 5.41) is 10.5. The number of furan rings is 3. The lowest BCUT2D eigenvalue weighted by Crippen LogP contribution is -2.04. The van der Waals surface area contributed by atoms with Crippen molar-refractivity contribution in [3.05, 3.63) is 182 Å². The number of aromatic nitrogens is 4. The van der Waals surface area contributed by atoms with E-state index >= 15 is 0 Å². The first-order chi connectivity index (χ1) is 30.7. The van der Waals surface area contributed by atoms with E-state index in [0.29, 0.717) is 17.5 Å². The molecule has 62 heavy (non-hydrogen) atoms. The van der Waals surface area contributed by atoms with Crippen LogP contribution in [0.15, 0.2) is 195 Å². The fourth-order valence-corrected chi connectivity index (χ4v) is 9.73. The summed E-state index contributed by atoms with van der Waals surface area (Å²) >= 11 is 0. The van der Waals surface area contributed by atoms with Crippen LogP contribution in [0.25, 0.3) is 138 Å². The molecule has 5 aromatic heterocycles. The van der Waals surface area contributed by atoms with Gasteiger partial charge in [0.15, 0.2) is 23.1 Å². The molecule has 0 amide bonds. The van der Waals surface area contributed by atoms with E-state index in [1.807, 2.05) is 72.8 Å². The van der Waals surface area contributed by atoms with Gasteiger partial charge in [0.25, 0.3) is 0 Å². The van der Waals surface area contributed by atoms with E-state index in [0.717, 1.165) is 115 Å². The molecule has 0 saturated carbocycles. The first-order valence-corrected chi connectivity index (χ1v) is 20.7. The molecule has 7 nitrogen and oxygen atoms in total. The van der Waals surface area contributed by atoms with Gasteiger partial charge in [0, 0.05) is 59.8 Å². The second kappa shape index (κ2) is 12.5. The van der Waals surface area contributed by atoms with Crippen molar-refractivity contribution in [2.45, 2.75) is 0 Å². The standard InChI is InChI=1S/C55H30N4O3/c1-2-14-32-30-43-41(29-31(32)13-1)33-15-3-7-21-42(33)59(43)51-40(28-27-35-34-16-4-8-22-44(34)62-52(35)51)55-57-53(38-19-11-25-47-49(38)36-17-5-9-23-45(36)60-47)56-54(58-55)39-20-12-26-48-50(39)37-18-6-10-24-46(37)61-48/h1-30H. The van der Waals surface area contributed by atoms with E-state index in [2.05, 4.69) is 114 Å². The van der Waals surface area contributed by atoms with Gasteiger partial charge >= 0.3 is 0 Å². The smallest absolute Gasteiger partial charge is 0.166 e. The van der Waals surface area contributed by atoms with Gasteiger partial charge in [-0.3, -0.25) is 0 Å². The summed E-state index contributed by atoms with van der Waals surface area (Å²) < 4.78 is 22.1. The Morgan fingerprint density at radius 3 is 1.47 bits per heavy atom. The fourth-order valence-electron chi connectivity index (χ4n) is 9.73. The molecular weight excluding hydrogens is 765 g/mol. The highest BCUT2D eigenvalue weighted by atomic mass is 16.3. The normalized spacial score (nSPS) is 12.2. The lowest BCUT2D eigenvalue weighted by atomic mass is 10.0. The Kier molecular flexibility index (Phi) is 6.71. The number of benzene rings is 9. The summed E-state index contributed by atoms with van der Waals surface area (Å²) in [6.07, 6.45) is 0. The number of nitrogens with zero attached hydrogens (tertiary/aromatic N) is 4. The molecule has 0 unspecified atom stereocenters. The summed E-state index contributed by atoms with van der Waals surface area (Å²) in [7, 11) is 0. The van der Waals surface area contributed by atoms with Crippen LogP contribution in [0.4, 0.5) is 0 Å². The summed E-state index contributed by atoms with van der Waals surface area (Å²) in [6, 6.07) is 62.6. The largest absolute Gasteiger partial charge is 0.456 e. The zero-order valence-electron chi connectivity index (χ0n) is 32.8. The van der Waals surface area contributed by atoms with Gasteiger partial charge in [0.05, 0.1) is 11.0 Å². The molecule has 0 fully saturated rings. The van der Waals surface area contributed by atoms with Crippen molar-refractivity contribution in [1.82, 2.24) is 19.5 Å². The van der Waals surface area contributed by atoms with Gasteiger partial charge in [-0.25, -0.2) is 15.0 Å². The van der Waals surface area contributed by atoms with Crippen molar-refractivity contribution < 1.29 is 13.3 Å². The third-order valence-corrected chi connectivity index (χ3v) is 12.4. The quantitative estimate of drug-likeness (QED) is 0.176. The topological polar surface area (TPSA) is 83.0 Å². The molecule has 14 rings (SSSR count). The lowest BCUT2D eigenvalue weighted by molar-refractivity contribution is 0.666. The highest BCUT2D eigenvalue weighted by molar-refractivity contribution is 6.18. The third kappa shape index (κ3) is 4.67. The molecule has 7 heteroatoms. The van der Waals surface area contributed by atoms with Crippen LogP contribution in [0.2, 0.25) is 0 Å². The van der Waals surface area contributed by atoms with Crippen LogP contribution in [0, 0.1) is 0 Å². The molecule has 288 valence electrons. The summed E-state index contributed by atoms with van der Waals surface area (Å²) in [5.74, 6) is 1.55. The van der Waals surface area contributed by atoms with Crippen molar-refractivity contribution in [1.29, 1.82) is 0 Å². The van der Waals surface area contributed by atoms with E-state index < -0.39 is 0 Å². The van der Waals surface area contributed by atoms with E-state index in [1.165, 1.54) is 5.39 Å². The second-order valence-corrected chi connectivity index (χ2v) is 15.9. The molecule has 0 aliphatic rings. The lowest BCUT2D eigenvalue weighted by Gasteiger charge is -2.16. The highest BCUT2D eigenvalue weighted by Gasteiger charge is 2.26. The van der Waals surface area contributed by atoms with Crippen LogP contribution in [0.1, 0.15) is 0 Å². The molecule has 0 aliphatic carbocycles. The van der Waals surface area contributed by atoms with E-state index in [-0.39, 0.29) is 0 Å². The maximum atomic E-state index is 6.96. The molecule has 0 atom stereocenters. The van der Waals surface area contributed by atoms with Gasteiger partial charge in [-0.2, -0.15) is 0 Å². The van der Waals surface area contributed by atoms with Crippen molar-refractivity contribution in [3.8, 4) is 39.9 Å². The summed E-state index contributed by atoms with van der Waals surface area (Å²) in [4.78, 5) is 16.3. The van der Waals surface area contributed by atoms with Gasteiger partial charge in [-0.05, 0) is 71.4 Å². The number of rotatable bonds is 4. The molecular formula is C55H30N4O3. The fraction of sp³-hybridized carbons (Fsp3) is 0. The minimum absolute atomic E-state index is 0.503. The van der Waals surface area contributed by atoms with Crippen molar-refractivity contribution in [3.63, 3.8) is 0 Å². The van der Waals surface area contributed by atoms with E-state index in [9.17, 15) is 0 Å². The molecule has 0 radical (unpaired) electrons. The van der Waals surface area contributed by atoms with Crippen LogP contribution >= 0.6 is 0 Å². The Labute approximate surface area is 351 Å². The Morgan fingerprint density at radius 1 is 0.323 bits per heavy atom. The number of hydrogen-bond donors (Lipinski definition) is 0. The van der Waals surface area contributed by atoms with Gasteiger partial charge in [0.1, 0.15) is 33.6 Å². The molecule has 0 N–H and O–H groups in total. The molecule has 0 aliphatic heterocycles. The first kappa shape index (κ1) is 33.3. The summed E-state index contributed by atoms with van der Waals surface area (Å²) in [6.45, 7) is 0. The van der Waals surface area contributed by atoms with Gasteiger partial charge in [-0.15, -0.1) is 0 Å². The second-order valence-electron chi connectivity index (χ2n) is 15.9. The minimum Gasteiger partial charge on any atom is -0.456 e. The van der Waals surface area contributed by atoms with Crippen LogP contribution < -0.4 is 0 Å². The predicted octanol–water partition coefficient (Wildman–Crippen LogP) is 14.8. The minimum atomic E-state index is 0.503. The van der Waals surface area contributed by atoms with Crippen molar-refractivity contribution in [2.75, 3.05) is 0 Å². The highest BCUT2D eigenvalue weighted by Crippen LogP contribution is 2.45. The Balaban J connectivity index is 1.14. The average Bonchev–Trinajstić information content (AvgIpc) is 4.09. The van der Waals surface area contributed by atoms with Crippen molar-refractivity contribution >= 4 is 98.4 Å². The van der Waals surface area contributed by atoms with Gasteiger partial charge in [0.2, 0.25) is 0 Å². The number of fused-ring (bicyclic) bond motifs is 13. The third-order valence-electron chi connectivity index (χ3n) is 12.4. The maximum absolute atomic E-state index is 6.96. The maximum Gasteiger partial charge on any atom is 0.166 e. The molecule has 9 aromatic carbocycles. The molecule has 14 aromatic rings. The molecule has 0 bridgehead atoms. The van der Waals surface area contributed by atoms with E-state index in [4.69, 9.17) is 28.2 Å². The zero-order chi connectivity index (χ0) is 40.5. The van der Waals surface area contributed by atoms with Crippen LogP contribution in [-0.4, -0.2) is 19.5 Å². The molecule has 0 saturated heterocycles.